The van der Waals surface area contributed by atoms with Crippen molar-refractivity contribution in [1.29, 1.82) is 0 Å². The van der Waals surface area contributed by atoms with Gasteiger partial charge in [0.25, 0.3) is 0 Å². The first-order chi connectivity index (χ1) is 17.2. The number of hydrogen-bond donors (Lipinski definition) is 3. The molecule has 3 fully saturated rings. The Labute approximate surface area is 218 Å². The molecule has 6 atom stereocenters. The summed E-state index contributed by atoms with van der Waals surface area (Å²) in [5.74, 6) is 1.97. The van der Waals surface area contributed by atoms with E-state index in [-0.39, 0.29) is 0 Å². The molecule has 1 aromatic carbocycles. The summed E-state index contributed by atoms with van der Waals surface area (Å²) >= 11 is 0. The van der Waals surface area contributed by atoms with Gasteiger partial charge in [-0.25, -0.2) is 13.1 Å². The summed E-state index contributed by atoms with van der Waals surface area (Å²) in [6.45, 7) is 5.39. The van der Waals surface area contributed by atoms with Gasteiger partial charge in [-0.3, -0.25) is 0 Å². The molecule has 3 N–H and O–H groups in total. The minimum atomic E-state index is -3.42. The maximum Gasteiger partial charge on any atom is 0.240 e. The van der Waals surface area contributed by atoms with Crippen molar-refractivity contribution in [1.82, 2.24) is 4.72 Å². The van der Waals surface area contributed by atoms with Crippen molar-refractivity contribution in [3.63, 3.8) is 0 Å². The van der Waals surface area contributed by atoms with Crippen LogP contribution in [0.25, 0.3) is 0 Å². The van der Waals surface area contributed by atoms with Crippen LogP contribution in [0, 0.1) is 23.2 Å². The summed E-state index contributed by atoms with van der Waals surface area (Å²) in [6.07, 6.45) is 14.8. The molecule has 0 unspecified atom stereocenters. The molecule has 3 aliphatic rings. The third-order valence-corrected chi connectivity index (χ3v) is 10.7. The molecule has 0 amide bonds. The molecule has 4 rings (SSSR count). The highest BCUT2D eigenvalue weighted by Crippen LogP contribution is 2.59. The van der Waals surface area contributed by atoms with Crippen molar-refractivity contribution in [3.05, 3.63) is 53.6 Å². The van der Waals surface area contributed by atoms with Gasteiger partial charge in [0.2, 0.25) is 10.0 Å². The second-order valence-electron chi connectivity index (χ2n) is 11.8. The molecular formula is C30H45NO4S. The molecule has 0 heterocycles. The highest BCUT2D eigenvalue weighted by atomic mass is 32.2. The van der Waals surface area contributed by atoms with E-state index in [4.69, 9.17) is 0 Å². The predicted molar refractivity (Wildman–Crippen MR) is 145 cm³/mol. The smallest absolute Gasteiger partial charge is 0.240 e. The van der Waals surface area contributed by atoms with Crippen molar-refractivity contribution in [2.75, 3.05) is 6.54 Å². The first-order valence-corrected chi connectivity index (χ1v) is 15.5. The fourth-order valence-electron chi connectivity index (χ4n) is 7.43. The van der Waals surface area contributed by atoms with Gasteiger partial charge in [-0.15, -0.1) is 0 Å². The molecule has 3 aliphatic carbocycles. The van der Waals surface area contributed by atoms with Crippen LogP contribution in [0.15, 0.2) is 58.5 Å². The molecule has 0 bridgehead atoms. The molecule has 0 spiro atoms. The highest BCUT2D eigenvalue weighted by Gasteiger charge is 2.50. The number of allylic oxidation sites excluding steroid dienone is 3. The number of sulfonamides is 1. The molecule has 0 saturated heterocycles. The Kier molecular flexibility index (Phi) is 9.14. The van der Waals surface area contributed by atoms with Crippen LogP contribution in [0.2, 0.25) is 0 Å². The third kappa shape index (κ3) is 6.50. The number of aliphatic hydroxyl groups excluding tert-OH is 2. The Hall–Kier alpha value is -1.47. The van der Waals surface area contributed by atoms with E-state index in [1.807, 2.05) is 6.07 Å². The van der Waals surface area contributed by atoms with E-state index in [1.165, 1.54) is 31.3 Å². The third-order valence-electron chi connectivity index (χ3n) is 9.23. The molecule has 0 radical (unpaired) electrons. The molecule has 0 aromatic heterocycles. The van der Waals surface area contributed by atoms with Gasteiger partial charge in [0.1, 0.15) is 0 Å². The first-order valence-electron chi connectivity index (χ1n) is 14.0. The van der Waals surface area contributed by atoms with Crippen LogP contribution in [0.1, 0.15) is 84.5 Å². The van der Waals surface area contributed by atoms with E-state index in [9.17, 15) is 18.6 Å². The normalized spacial score (nSPS) is 32.9. The zero-order valence-electron chi connectivity index (χ0n) is 22.0. The lowest BCUT2D eigenvalue weighted by Crippen LogP contribution is -2.36. The van der Waals surface area contributed by atoms with Crippen molar-refractivity contribution in [2.45, 2.75) is 102 Å². The van der Waals surface area contributed by atoms with E-state index < -0.39 is 22.2 Å². The SMILES string of the molecule is C[C@H](CCCCNS(=O)(=O)c1ccccc1)[C@H]1CC[C@H]2/C(=C\C=C3C[C@@H](O)C[C@H](O)C3)CCC[C@]12C. The lowest BCUT2D eigenvalue weighted by Gasteiger charge is -2.44. The predicted octanol–water partition coefficient (Wildman–Crippen LogP) is 5.75. The van der Waals surface area contributed by atoms with E-state index >= 15 is 0 Å². The maximum atomic E-state index is 12.4. The van der Waals surface area contributed by atoms with Gasteiger partial charge in [-0.05, 0) is 93.1 Å². The van der Waals surface area contributed by atoms with Gasteiger partial charge < -0.3 is 10.2 Å². The Balaban J connectivity index is 1.29. The average molecular weight is 516 g/mol. The number of rotatable bonds is 9. The molecule has 0 aliphatic heterocycles. The van der Waals surface area contributed by atoms with Gasteiger partial charge >= 0.3 is 0 Å². The van der Waals surface area contributed by atoms with E-state index in [1.54, 1.807) is 29.8 Å². The topological polar surface area (TPSA) is 86.6 Å². The summed E-state index contributed by atoms with van der Waals surface area (Å²) in [5, 5.41) is 20.0. The molecule has 3 saturated carbocycles. The van der Waals surface area contributed by atoms with Crippen LogP contribution in [0.3, 0.4) is 0 Å². The molecule has 200 valence electrons. The summed E-state index contributed by atoms with van der Waals surface area (Å²) in [4.78, 5) is 0.330. The number of nitrogens with one attached hydrogen (secondary N) is 1. The van der Waals surface area contributed by atoms with E-state index in [2.05, 4.69) is 30.7 Å². The lowest BCUT2D eigenvalue weighted by molar-refractivity contribution is 0.0609. The second-order valence-corrected chi connectivity index (χ2v) is 13.6. The van der Waals surface area contributed by atoms with Crippen LogP contribution in [0.5, 0.6) is 0 Å². The quantitative estimate of drug-likeness (QED) is 0.366. The van der Waals surface area contributed by atoms with Gasteiger partial charge in [0, 0.05) is 6.54 Å². The van der Waals surface area contributed by atoms with Crippen LogP contribution in [-0.2, 0) is 10.0 Å². The van der Waals surface area contributed by atoms with Crippen molar-refractivity contribution in [2.24, 2.45) is 23.2 Å². The molecule has 36 heavy (non-hydrogen) atoms. The molecular weight excluding hydrogens is 470 g/mol. The number of aliphatic hydroxyl groups is 2. The highest BCUT2D eigenvalue weighted by molar-refractivity contribution is 7.89. The Morgan fingerprint density at radius 3 is 2.53 bits per heavy atom. The zero-order valence-corrected chi connectivity index (χ0v) is 22.8. The van der Waals surface area contributed by atoms with Crippen LogP contribution < -0.4 is 4.72 Å². The van der Waals surface area contributed by atoms with Gasteiger partial charge in [-0.2, -0.15) is 0 Å². The number of benzene rings is 1. The Bertz CT molecular complexity index is 1020. The minimum absolute atomic E-state index is 0.330. The van der Waals surface area contributed by atoms with Crippen molar-refractivity contribution >= 4 is 10.0 Å². The Morgan fingerprint density at radius 1 is 1.08 bits per heavy atom. The molecule has 1 aromatic rings. The first kappa shape index (κ1) is 27.6. The van der Waals surface area contributed by atoms with Crippen LogP contribution >= 0.6 is 0 Å². The minimum Gasteiger partial charge on any atom is -0.393 e. The fourth-order valence-corrected chi connectivity index (χ4v) is 8.52. The summed E-state index contributed by atoms with van der Waals surface area (Å²) in [7, 11) is -3.42. The average Bonchev–Trinajstić information content (AvgIpc) is 3.20. The molecule has 5 nitrogen and oxygen atoms in total. The van der Waals surface area contributed by atoms with Gasteiger partial charge in [0.15, 0.2) is 0 Å². The number of fused-ring (bicyclic) bond motifs is 1. The van der Waals surface area contributed by atoms with Crippen LogP contribution in [0.4, 0.5) is 0 Å². The standard InChI is InChI=1S/C30H45NO4S/c1-22(9-6-7-18-31-36(34,35)27-11-4-3-5-12-27)28-15-16-29-24(10-8-17-30(28,29)2)14-13-23-19-25(32)21-26(33)20-23/h3-5,11-14,22,25-26,28-29,31-33H,6-10,15-21H2,1-2H3/b24-14-/t22-,25-,26-,28-,29+,30-/m1/s1. The van der Waals surface area contributed by atoms with Crippen molar-refractivity contribution < 1.29 is 18.6 Å². The summed E-state index contributed by atoms with van der Waals surface area (Å²) in [6, 6.07) is 8.59. The second kappa shape index (κ2) is 11.9. The lowest BCUT2D eigenvalue weighted by atomic mass is 9.60. The number of unbranched alkanes of at least 4 members (excludes halogenated alkanes) is 1. The Morgan fingerprint density at radius 2 is 1.81 bits per heavy atom. The largest absolute Gasteiger partial charge is 0.393 e. The van der Waals surface area contributed by atoms with E-state index in [0.717, 1.165) is 25.7 Å². The summed E-state index contributed by atoms with van der Waals surface area (Å²) in [5.41, 5.74) is 3.07. The maximum absolute atomic E-state index is 12.4. The summed E-state index contributed by atoms with van der Waals surface area (Å²) < 4.78 is 27.6. The van der Waals surface area contributed by atoms with Gasteiger partial charge in [-0.1, -0.05) is 68.2 Å². The van der Waals surface area contributed by atoms with E-state index in [0.29, 0.717) is 53.9 Å². The monoisotopic (exact) mass is 515 g/mol. The molecule has 6 heteroatoms. The zero-order chi connectivity index (χ0) is 25.8. The van der Waals surface area contributed by atoms with Crippen molar-refractivity contribution in [3.8, 4) is 0 Å². The van der Waals surface area contributed by atoms with Crippen LogP contribution in [-0.4, -0.2) is 37.4 Å². The number of hydrogen-bond acceptors (Lipinski definition) is 4. The fraction of sp³-hybridized carbons (Fsp3) is 0.667. The van der Waals surface area contributed by atoms with Gasteiger partial charge in [0.05, 0.1) is 17.1 Å².